The Morgan fingerprint density at radius 1 is 1.44 bits per heavy atom. The van der Waals surface area contributed by atoms with Gasteiger partial charge in [0.2, 0.25) is 0 Å². The lowest BCUT2D eigenvalue weighted by atomic mass is 10.0. The number of hydrogen-bond donors (Lipinski definition) is 1. The van der Waals surface area contributed by atoms with Crippen LogP contribution in [0.2, 0.25) is 0 Å². The molecule has 4 nitrogen and oxygen atoms in total. The lowest BCUT2D eigenvalue weighted by Gasteiger charge is -2.14. The van der Waals surface area contributed by atoms with Crippen LogP contribution in [0.15, 0.2) is 17.1 Å². The van der Waals surface area contributed by atoms with Crippen molar-refractivity contribution in [1.29, 1.82) is 0 Å². The Balaban J connectivity index is 2.13. The Bertz CT molecular complexity index is 498. The number of aromatic nitrogens is 1. The molecule has 1 fully saturated rings. The van der Waals surface area contributed by atoms with Gasteiger partial charge in [0.15, 0.2) is 5.43 Å². The van der Waals surface area contributed by atoms with E-state index >= 15 is 0 Å². The molecule has 1 aliphatic carbocycles. The fourth-order valence-corrected chi connectivity index (χ4v) is 2.69. The number of hydrogen-bond acceptors (Lipinski definition) is 2. The van der Waals surface area contributed by atoms with Crippen LogP contribution in [0, 0.1) is 12.8 Å². The van der Waals surface area contributed by atoms with Gasteiger partial charge in [-0.1, -0.05) is 25.7 Å². The molecule has 0 amide bonds. The molecule has 0 unspecified atom stereocenters. The summed E-state index contributed by atoms with van der Waals surface area (Å²) in [6, 6.07) is 1.41. The van der Waals surface area contributed by atoms with E-state index in [1.54, 1.807) is 0 Å². The van der Waals surface area contributed by atoms with Gasteiger partial charge in [0.05, 0.1) is 0 Å². The minimum atomic E-state index is -1.14. The second-order valence-electron chi connectivity index (χ2n) is 5.13. The first-order chi connectivity index (χ1) is 8.58. The van der Waals surface area contributed by atoms with Crippen LogP contribution in [0.1, 0.15) is 48.2 Å². The van der Waals surface area contributed by atoms with Gasteiger partial charge < -0.3 is 9.67 Å². The van der Waals surface area contributed by atoms with Gasteiger partial charge in [-0.3, -0.25) is 4.79 Å². The second-order valence-corrected chi connectivity index (χ2v) is 5.13. The molecule has 0 atom stereocenters. The molecule has 1 heterocycles. The summed E-state index contributed by atoms with van der Waals surface area (Å²) in [5, 5.41) is 8.95. The van der Waals surface area contributed by atoms with Crippen molar-refractivity contribution < 1.29 is 9.90 Å². The van der Waals surface area contributed by atoms with Crippen molar-refractivity contribution in [2.24, 2.45) is 5.92 Å². The van der Waals surface area contributed by atoms with Crippen LogP contribution in [-0.2, 0) is 6.54 Å². The van der Waals surface area contributed by atoms with Crippen LogP contribution in [0.4, 0.5) is 0 Å². The van der Waals surface area contributed by atoms with E-state index in [4.69, 9.17) is 5.11 Å². The lowest BCUT2D eigenvalue weighted by molar-refractivity contribution is 0.0694. The Labute approximate surface area is 106 Å². The number of carboxylic acid groups (broad SMARTS) is 1. The van der Waals surface area contributed by atoms with Crippen molar-refractivity contribution in [1.82, 2.24) is 4.57 Å². The van der Waals surface area contributed by atoms with Crippen LogP contribution in [-0.4, -0.2) is 15.6 Å². The van der Waals surface area contributed by atoms with E-state index in [9.17, 15) is 9.59 Å². The largest absolute Gasteiger partial charge is 0.477 e. The van der Waals surface area contributed by atoms with Crippen molar-refractivity contribution in [2.45, 2.75) is 45.6 Å². The number of carboxylic acids is 1. The van der Waals surface area contributed by atoms with Gasteiger partial charge >= 0.3 is 5.97 Å². The Morgan fingerprint density at radius 2 is 2.11 bits per heavy atom. The van der Waals surface area contributed by atoms with Crippen molar-refractivity contribution in [3.63, 3.8) is 0 Å². The number of carbonyl (C=O) groups is 1. The normalized spacial score (nSPS) is 16.1. The average Bonchev–Trinajstić information content (AvgIpc) is 2.80. The van der Waals surface area contributed by atoms with Gasteiger partial charge in [-0.2, -0.15) is 0 Å². The third-order valence-corrected chi connectivity index (χ3v) is 3.83. The molecule has 4 heteroatoms. The van der Waals surface area contributed by atoms with Crippen LogP contribution in [0.5, 0.6) is 0 Å². The molecule has 0 aliphatic heterocycles. The summed E-state index contributed by atoms with van der Waals surface area (Å²) in [5.74, 6) is -0.383. The molecule has 0 saturated heterocycles. The molecule has 1 aromatic heterocycles. The predicted octanol–water partition coefficient (Wildman–Crippen LogP) is 2.44. The molecule has 1 saturated carbocycles. The third-order valence-electron chi connectivity index (χ3n) is 3.83. The summed E-state index contributed by atoms with van der Waals surface area (Å²) in [5.41, 5.74) is 0.298. The van der Waals surface area contributed by atoms with Crippen LogP contribution in [0.25, 0.3) is 0 Å². The molecule has 18 heavy (non-hydrogen) atoms. The van der Waals surface area contributed by atoms with Gasteiger partial charge in [-0.05, 0) is 19.3 Å². The Morgan fingerprint density at radius 3 is 2.72 bits per heavy atom. The van der Waals surface area contributed by atoms with E-state index in [-0.39, 0.29) is 5.56 Å². The average molecular weight is 249 g/mol. The zero-order chi connectivity index (χ0) is 13.1. The highest BCUT2D eigenvalue weighted by molar-refractivity contribution is 5.87. The molecule has 1 aliphatic rings. The number of rotatable bonds is 4. The first kappa shape index (κ1) is 12.9. The summed E-state index contributed by atoms with van der Waals surface area (Å²) in [4.78, 5) is 22.4. The molecule has 0 radical (unpaired) electrons. The molecular weight excluding hydrogens is 230 g/mol. The van der Waals surface area contributed by atoms with E-state index in [1.165, 1.54) is 37.9 Å². The van der Waals surface area contributed by atoms with Gasteiger partial charge in [0.1, 0.15) is 5.56 Å². The van der Waals surface area contributed by atoms with E-state index in [1.807, 2.05) is 11.5 Å². The van der Waals surface area contributed by atoms with E-state index in [2.05, 4.69) is 0 Å². The maximum absolute atomic E-state index is 11.5. The first-order valence-electron chi connectivity index (χ1n) is 6.52. The molecule has 0 bridgehead atoms. The Hall–Kier alpha value is -1.58. The molecule has 1 aromatic rings. The number of pyridine rings is 1. The van der Waals surface area contributed by atoms with Crippen LogP contribution >= 0.6 is 0 Å². The summed E-state index contributed by atoms with van der Waals surface area (Å²) in [6.07, 6.45) is 7.75. The zero-order valence-electron chi connectivity index (χ0n) is 10.7. The van der Waals surface area contributed by atoms with Crippen LogP contribution in [0.3, 0.4) is 0 Å². The standard InChI is InChI=1S/C14H19NO3/c1-10-8-13(16)12(14(17)18)9-15(10)7-6-11-4-2-3-5-11/h8-9,11H,2-7H2,1H3,(H,17,18). The topological polar surface area (TPSA) is 59.3 Å². The quantitative estimate of drug-likeness (QED) is 0.891. The van der Waals surface area contributed by atoms with E-state index in [0.29, 0.717) is 0 Å². The second kappa shape index (κ2) is 5.38. The smallest absolute Gasteiger partial charge is 0.341 e. The van der Waals surface area contributed by atoms with E-state index in [0.717, 1.165) is 24.6 Å². The molecule has 98 valence electrons. The minimum absolute atomic E-state index is 0.132. The summed E-state index contributed by atoms with van der Waals surface area (Å²) >= 11 is 0. The minimum Gasteiger partial charge on any atom is -0.477 e. The summed E-state index contributed by atoms with van der Waals surface area (Å²) in [6.45, 7) is 2.65. The fraction of sp³-hybridized carbons (Fsp3) is 0.571. The van der Waals surface area contributed by atoms with Crippen molar-refractivity contribution in [2.75, 3.05) is 0 Å². The van der Waals surface area contributed by atoms with Gasteiger partial charge in [-0.25, -0.2) is 4.79 Å². The number of nitrogens with zero attached hydrogens (tertiary/aromatic N) is 1. The molecule has 0 aromatic carbocycles. The van der Waals surface area contributed by atoms with Gasteiger partial charge in [0.25, 0.3) is 0 Å². The highest BCUT2D eigenvalue weighted by Crippen LogP contribution is 2.27. The molecule has 2 rings (SSSR count). The van der Waals surface area contributed by atoms with Crippen molar-refractivity contribution in [3.05, 3.63) is 33.7 Å². The molecule has 1 N–H and O–H groups in total. The third kappa shape index (κ3) is 2.81. The molecule has 0 spiro atoms. The van der Waals surface area contributed by atoms with Crippen molar-refractivity contribution >= 4 is 5.97 Å². The first-order valence-corrected chi connectivity index (χ1v) is 6.52. The highest BCUT2D eigenvalue weighted by Gasteiger charge is 2.16. The maximum Gasteiger partial charge on any atom is 0.341 e. The van der Waals surface area contributed by atoms with Crippen LogP contribution < -0.4 is 5.43 Å². The monoisotopic (exact) mass is 249 g/mol. The SMILES string of the molecule is Cc1cc(=O)c(C(=O)O)cn1CCC1CCCC1. The van der Waals surface area contributed by atoms with Gasteiger partial charge in [-0.15, -0.1) is 0 Å². The van der Waals surface area contributed by atoms with E-state index < -0.39 is 11.4 Å². The highest BCUT2D eigenvalue weighted by atomic mass is 16.4. The lowest BCUT2D eigenvalue weighted by Crippen LogP contribution is -2.19. The molecular formula is C14H19NO3. The fourth-order valence-electron chi connectivity index (χ4n) is 2.69. The number of aryl methyl sites for hydroxylation is 2. The summed E-state index contributed by atoms with van der Waals surface area (Å²) < 4.78 is 1.89. The Kier molecular flexibility index (Phi) is 3.84. The zero-order valence-corrected chi connectivity index (χ0v) is 10.7. The van der Waals surface area contributed by atoms with Crippen molar-refractivity contribution in [3.8, 4) is 0 Å². The maximum atomic E-state index is 11.5. The number of aromatic carboxylic acids is 1. The van der Waals surface area contributed by atoms with Gasteiger partial charge in [0, 0.05) is 24.5 Å². The predicted molar refractivity (Wildman–Crippen MR) is 69.0 cm³/mol. The summed E-state index contributed by atoms with van der Waals surface area (Å²) in [7, 11) is 0.